The summed E-state index contributed by atoms with van der Waals surface area (Å²) in [5, 5.41) is 12.9. The molecule has 0 aliphatic carbocycles. The molecule has 0 spiro atoms. The first-order valence-corrected chi connectivity index (χ1v) is 7.94. The van der Waals surface area contributed by atoms with Gasteiger partial charge in [0, 0.05) is 4.90 Å². The van der Waals surface area contributed by atoms with E-state index in [1.165, 1.54) is 31.4 Å². The van der Waals surface area contributed by atoms with Crippen LogP contribution >= 0.6 is 11.8 Å². The number of hydrogen-bond acceptors (Lipinski definition) is 5. The van der Waals surface area contributed by atoms with Crippen LogP contribution in [0.15, 0.2) is 41.3 Å². The zero-order valence-electron chi connectivity index (χ0n) is 13.3. The van der Waals surface area contributed by atoms with Gasteiger partial charge in [0.25, 0.3) is 5.69 Å². The number of nitro groups is 1. The molecular formula is C16H14F2N2O4S. The number of anilines is 1. The average molecular weight is 368 g/mol. The van der Waals surface area contributed by atoms with Gasteiger partial charge in [0.15, 0.2) is 11.6 Å². The lowest BCUT2D eigenvalue weighted by molar-refractivity contribution is -0.384. The number of amides is 1. The lowest BCUT2D eigenvalue weighted by Crippen LogP contribution is -2.22. The van der Waals surface area contributed by atoms with Crippen molar-refractivity contribution >= 4 is 29.0 Å². The highest BCUT2D eigenvalue weighted by atomic mass is 32.2. The molecule has 1 amide bonds. The van der Waals surface area contributed by atoms with Crippen molar-refractivity contribution in [1.82, 2.24) is 0 Å². The molecule has 25 heavy (non-hydrogen) atoms. The van der Waals surface area contributed by atoms with E-state index >= 15 is 0 Å². The van der Waals surface area contributed by atoms with E-state index in [0.717, 1.165) is 23.9 Å². The number of nitro benzene ring substituents is 1. The molecule has 0 bridgehead atoms. The zero-order chi connectivity index (χ0) is 18.6. The van der Waals surface area contributed by atoms with Crippen molar-refractivity contribution in [2.45, 2.75) is 17.1 Å². The average Bonchev–Trinajstić information content (AvgIpc) is 2.58. The Balaban J connectivity index is 2.13. The largest absolute Gasteiger partial charge is 0.496 e. The lowest BCUT2D eigenvalue weighted by atomic mass is 10.2. The minimum atomic E-state index is -1.01. The van der Waals surface area contributed by atoms with Crippen molar-refractivity contribution in [3.05, 3.63) is 58.1 Å². The molecule has 0 fully saturated rings. The van der Waals surface area contributed by atoms with Crippen LogP contribution < -0.4 is 10.1 Å². The Hall–Kier alpha value is -2.68. The first-order valence-electron chi connectivity index (χ1n) is 7.07. The van der Waals surface area contributed by atoms with Gasteiger partial charge in [-0.2, -0.15) is 0 Å². The summed E-state index contributed by atoms with van der Waals surface area (Å²) in [5.74, 6) is -2.21. The van der Waals surface area contributed by atoms with Crippen molar-refractivity contribution in [3.63, 3.8) is 0 Å². The van der Waals surface area contributed by atoms with Crippen LogP contribution in [-0.4, -0.2) is 23.2 Å². The summed E-state index contributed by atoms with van der Waals surface area (Å²) in [6.07, 6.45) is 0. The third-order valence-corrected chi connectivity index (χ3v) is 4.33. The van der Waals surface area contributed by atoms with Crippen LogP contribution in [0, 0.1) is 21.7 Å². The fourth-order valence-corrected chi connectivity index (χ4v) is 2.83. The Morgan fingerprint density at radius 2 is 1.96 bits per heavy atom. The topological polar surface area (TPSA) is 81.5 Å². The highest BCUT2D eigenvalue weighted by Gasteiger charge is 2.21. The number of ether oxygens (including phenoxy) is 1. The van der Waals surface area contributed by atoms with Gasteiger partial charge in [-0.3, -0.25) is 14.9 Å². The van der Waals surface area contributed by atoms with Crippen LogP contribution in [0.3, 0.4) is 0 Å². The van der Waals surface area contributed by atoms with Crippen molar-refractivity contribution in [2.75, 3.05) is 12.4 Å². The van der Waals surface area contributed by atoms with Crippen molar-refractivity contribution in [2.24, 2.45) is 0 Å². The van der Waals surface area contributed by atoms with Crippen LogP contribution in [0.1, 0.15) is 6.92 Å². The van der Waals surface area contributed by atoms with Crippen molar-refractivity contribution in [1.29, 1.82) is 0 Å². The molecule has 6 nitrogen and oxygen atoms in total. The third kappa shape index (κ3) is 4.66. The fourth-order valence-electron chi connectivity index (χ4n) is 1.94. The number of rotatable bonds is 6. The maximum Gasteiger partial charge on any atom is 0.296 e. The highest BCUT2D eigenvalue weighted by Crippen LogP contribution is 2.31. The van der Waals surface area contributed by atoms with E-state index in [2.05, 4.69) is 5.32 Å². The molecule has 2 rings (SSSR count). The second kappa shape index (κ2) is 7.93. The maximum atomic E-state index is 13.2. The quantitative estimate of drug-likeness (QED) is 0.473. The van der Waals surface area contributed by atoms with Gasteiger partial charge in [-0.15, -0.1) is 11.8 Å². The molecule has 0 aliphatic heterocycles. The number of carbonyl (C=O) groups is 1. The van der Waals surface area contributed by atoms with Gasteiger partial charge in [0.05, 0.1) is 23.3 Å². The van der Waals surface area contributed by atoms with Crippen LogP contribution in [0.25, 0.3) is 0 Å². The summed E-state index contributed by atoms with van der Waals surface area (Å²) in [6, 6.07) is 7.35. The molecule has 0 saturated heterocycles. The first kappa shape index (κ1) is 18.7. The second-order valence-corrected chi connectivity index (χ2v) is 6.38. The Morgan fingerprint density at radius 1 is 1.24 bits per heavy atom. The van der Waals surface area contributed by atoms with Gasteiger partial charge in [-0.25, -0.2) is 8.78 Å². The molecule has 0 heterocycles. The van der Waals surface area contributed by atoms with E-state index in [1.54, 1.807) is 6.92 Å². The molecule has 0 unspecified atom stereocenters. The van der Waals surface area contributed by atoms with Crippen LogP contribution in [0.4, 0.5) is 20.2 Å². The summed E-state index contributed by atoms with van der Waals surface area (Å²) in [6.45, 7) is 1.55. The van der Waals surface area contributed by atoms with Gasteiger partial charge >= 0.3 is 0 Å². The molecule has 0 saturated carbocycles. The van der Waals surface area contributed by atoms with E-state index in [1.807, 2.05) is 0 Å². The summed E-state index contributed by atoms with van der Waals surface area (Å²) in [5.41, 5.74) is -0.286. The molecule has 0 radical (unpaired) electrons. The number of halogens is 2. The molecule has 2 aromatic carbocycles. The second-order valence-electron chi connectivity index (χ2n) is 4.97. The summed E-state index contributed by atoms with van der Waals surface area (Å²) in [7, 11) is 1.37. The van der Waals surface area contributed by atoms with Gasteiger partial charge < -0.3 is 10.1 Å². The summed E-state index contributed by atoms with van der Waals surface area (Å²) >= 11 is 1.00. The predicted octanol–water partition coefficient (Wildman–Crippen LogP) is 4.00. The standard InChI is InChI=1S/C16H14F2N2O4S/c1-9(25-11-4-5-12(17)13(18)8-11)16(21)19-14-6-3-10(24-2)7-15(14)20(22)23/h3-9H,1-2H3,(H,19,21)/t9-/m0/s1. The number of nitrogens with zero attached hydrogens (tertiary/aromatic N) is 1. The Labute approximate surface area is 146 Å². The Morgan fingerprint density at radius 3 is 2.56 bits per heavy atom. The SMILES string of the molecule is COc1ccc(NC(=O)[C@H](C)Sc2ccc(F)c(F)c2)c([N+](=O)[O-])c1. The minimum Gasteiger partial charge on any atom is -0.496 e. The van der Waals surface area contributed by atoms with Gasteiger partial charge in [-0.1, -0.05) is 0 Å². The molecule has 1 N–H and O–H groups in total. The highest BCUT2D eigenvalue weighted by molar-refractivity contribution is 8.00. The molecule has 2 aromatic rings. The Kier molecular flexibility index (Phi) is 5.92. The van der Waals surface area contributed by atoms with E-state index in [-0.39, 0.29) is 17.1 Å². The molecule has 0 aromatic heterocycles. The smallest absolute Gasteiger partial charge is 0.296 e. The number of benzene rings is 2. The number of thioether (sulfide) groups is 1. The fraction of sp³-hybridized carbons (Fsp3) is 0.188. The molecule has 9 heteroatoms. The van der Waals surface area contributed by atoms with Gasteiger partial charge in [0.1, 0.15) is 11.4 Å². The molecular weight excluding hydrogens is 354 g/mol. The van der Waals surface area contributed by atoms with Crippen LogP contribution in [-0.2, 0) is 4.79 Å². The number of methoxy groups -OCH3 is 1. The minimum absolute atomic E-state index is 0.0218. The molecule has 132 valence electrons. The van der Waals surface area contributed by atoms with E-state index in [4.69, 9.17) is 4.74 Å². The lowest BCUT2D eigenvalue weighted by Gasteiger charge is -2.13. The summed E-state index contributed by atoms with van der Waals surface area (Å²) in [4.78, 5) is 23.1. The normalized spacial score (nSPS) is 11.7. The Bertz CT molecular complexity index is 817. The first-order chi connectivity index (χ1) is 11.8. The number of carbonyl (C=O) groups excluding carboxylic acids is 1. The predicted molar refractivity (Wildman–Crippen MR) is 90.0 cm³/mol. The van der Waals surface area contributed by atoms with Crippen molar-refractivity contribution < 1.29 is 23.2 Å². The third-order valence-electron chi connectivity index (χ3n) is 3.23. The number of nitrogens with one attached hydrogen (secondary N) is 1. The molecule has 1 atom stereocenters. The maximum absolute atomic E-state index is 13.2. The van der Waals surface area contributed by atoms with Gasteiger partial charge in [-0.05, 0) is 37.3 Å². The number of hydrogen-bond donors (Lipinski definition) is 1. The monoisotopic (exact) mass is 368 g/mol. The zero-order valence-corrected chi connectivity index (χ0v) is 14.1. The van der Waals surface area contributed by atoms with Crippen LogP contribution in [0.5, 0.6) is 5.75 Å². The van der Waals surface area contributed by atoms with Gasteiger partial charge in [0.2, 0.25) is 5.91 Å². The van der Waals surface area contributed by atoms with E-state index in [0.29, 0.717) is 4.90 Å². The van der Waals surface area contributed by atoms with E-state index < -0.39 is 27.7 Å². The summed E-state index contributed by atoms with van der Waals surface area (Å²) < 4.78 is 31.1. The van der Waals surface area contributed by atoms with Crippen molar-refractivity contribution in [3.8, 4) is 5.75 Å². The molecule has 0 aliphatic rings. The van der Waals surface area contributed by atoms with Crippen LogP contribution in [0.2, 0.25) is 0 Å². The van der Waals surface area contributed by atoms with E-state index in [9.17, 15) is 23.7 Å².